The molecule has 0 saturated carbocycles. The average Bonchev–Trinajstić information content (AvgIpc) is 2.90. The van der Waals surface area contributed by atoms with Crippen LogP contribution >= 0.6 is 0 Å². The second-order valence-electron chi connectivity index (χ2n) is 5.52. The first-order valence-electron chi connectivity index (χ1n) is 6.05. The Morgan fingerprint density at radius 1 is 1.16 bits per heavy atom. The number of carbonyl (C=O) groups excluding carboxylic acids is 1. The lowest BCUT2D eigenvalue weighted by molar-refractivity contribution is 0.101. The lowest BCUT2D eigenvalue weighted by Crippen LogP contribution is -2.16. The molecule has 0 radical (unpaired) electrons. The molecule has 0 aliphatic heterocycles. The predicted molar refractivity (Wildman–Crippen MR) is 71.1 cm³/mol. The van der Waals surface area contributed by atoms with E-state index < -0.39 is 0 Å². The summed E-state index contributed by atoms with van der Waals surface area (Å²) >= 11 is 0. The molecule has 2 aromatic heterocycles. The van der Waals surface area contributed by atoms with Crippen LogP contribution in [0.15, 0.2) is 0 Å². The Hall–Kier alpha value is -2.18. The van der Waals surface area contributed by atoms with Gasteiger partial charge in [-0.1, -0.05) is 20.8 Å². The maximum atomic E-state index is 12.1. The van der Waals surface area contributed by atoms with E-state index in [9.17, 15) is 4.79 Å². The first kappa shape index (κ1) is 13.3. The van der Waals surface area contributed by atoms with Crippen LogP contribution < -0.4 is 5.32 Å². The van der Waals surface area contributed by atoms with Crippen molar-refractivity contribution in [1.82, 2.24) is 25.4 Å². The van der Waals surface area contributed by atoms with Gasteiger partial charge in [0, 0.05) is 5.41 Å². The molecule has 0 saturated heterocycles. The van der Waals surface area contributed by atoms with Gasteiger partial charge in [-0.05, 0) is 13.8 Å². The molecule has 0 aliphatic rings. The van der Waals surface area contributed by atoms with Crippen LogP contribution in [0, 0.1) is 13.8 Å². The zero-order valence-corrected chi connectivity index (χ0v) is 11.7. The van der Waals surface area contributed by atoms with E-state index in [0.29, 0.717) is 11.5 Å². The van der Waals surface area contributed by atoms with Gasteiger partial charge in [-0.3, -0.25) is 15.0 Å². The number of carbonyl (C=O) groups is 1. The summed E-state index contributed by atoms with van der Waals surface area (Å²) in [7, 11) is 0. The molecule has 7 nitrogen and oxygen atoms in total. The molecule has 0 atom stereocenters. The number of amides is 1. The summed E-state index contributed by atoms with van der Waals surface area (Å²) < 4.78 is 0. The maximum Gasteiger partial charge on any atom is 0.295 e. The Balaban J connectivity index is 2.19. The van der Waals surface area contributed by atoms with Gasteiger partial charge >= 0.3 is 0 Å². The van der Waals surface area contributed by atoms with Crippen molar-refractivity contribution in [1.29, 1.82) is 0 Å². The minimum atomic E-state index is -0.348. The first-order chi connectivity index (χ1) is 8.79. The van der Waals surface area contributed by atoms with Crippen LogP contribution in [-0.4, -0.2) is 31.3 Å². The lowest BCUT2D eigenvalue weighted by Gasteiger charge is -2.12. The van der Waals surface area contributed by atoms with Crippen molar-refractivity contribution in [2.45, 2.75) is 40.0 Å². The number of H-pyrrole nitrogens is 2. The molecular formula is C12H18N6O. The molecule has 2 heterocycles. The van der Waals surface area contributed by atoms with E-state index >= 15 is 0 Å². The second-order valence-corrected chi connectivity index (χ2v) is 5.52. The van der Waals surface area contributed by atoms with Crippen LogP contribution in [0.1, 0.15) is 48.6 Å². The molecule has 0 aliphatic carbocycles. The SMILES string of the molecule is Cc1n[nH]c(C)c1NC(=O)c1n[nH]c(C(C)(C)C)n1. The minimum Gasteiger partial charge on any atom is -0.316 e. The van der Waals surface area contributed by atoms with Crippen molar-refractivity contribution < 1.29 is 4.79 Å². The van der Waals surface area contributed by atoms with Gasteiger partial charge in [-0.25, -0.2) is 4.98 Å². The van der Waals surface area contributed by atoms with Gasteiger partial charge in [0.25, 0.3) is 5.91 Å². The smallest absolute Gasteiger partial charge is 0.295 e. The molecule has 7 heteroatoms. The molecule has 0 spiro atoms. The minimum absolute atomic E-state index is 0.130. The third-order valence-corrected chi connectivity index (χ3v) is 2.77. The van der Waals surface area contributed by atoms with Crippen molar-refractivity contribution >= 4 is 11.6 Å². The van der Waals surface area contributed by atoms with Gasteiger partial charge in [0.05, 0.1) is 17.1 Å². The van der Waals surface area contributed by atoms with E-state index in [0.717, 1.165) is 11.4 Å². The molecule has 0 aromatic carbocycles. The van der Waals surface area contributed by atoms with Crippen LogP contribution in [0.25, 0.3) is 0 Å². The van der Waals surface area contributed by atoms with E-state index in [1.807, 2.05) is 34.6 Å². The quantitative estimate of drug-likeness (QED) is 0.766. The second kappa shape index (κ2) is 4.49. The Bertz CT molecular complexity index is 585. The summed E-state index contributed by atoms with van der Waals surface area (Å²) in [5.74, 6) is 0.461. The molecule has 2 aromatic rings. The molecule has 0 bridgehead atoms. The summed E-state index contributed by atoms with van der Waals surface area (Å²) in [5, 5.41) is 16.3. The fraction of sp³-hybridized carbons (Fsp3) is 0.500. The third-order valence-electron chi connectivity index (χ3n) is 2.77. The Kier molecular flexibility index (Phi) is 3.13. The van der Waals surface area contributed by atoms with Gasteiger partial charge in [0.1, 0.15) is 5.82 Å². The number of nitrogens with zero attached hydrogens (tertiary/aromatic N) is 3. The molecular weight excluding hydrogens is 244 g/mol. The monoisotopic (exact) mass is 262 g/mol. The molecule has 0 fully saturated rings. The summed E-state index contributed by atoms with van der Waals surface area (Å²) in [6.07, 6.45) is 0. The first-order valence-corrected chi connectivity index (χ1v) is 6.05. The molecule has 0 unspecified atom stereocenters. The largest absolute Gasteiger partial charge is 0.316 e. The highest BCUT2D eigenvalue weighted by Crippen LogP contribution is 2.19. The maximum absolute atomic E-state index is 12.1. The highest BCUT2D eigenvalue weighted by Gasteiger charge is 2.22. The fourth-order valence-electron chi connectivity index (χ4n) is 1.60. The van der Waals surface area contributed by atoms with Crippen molar-refractivity contribution in [3.05, 3.63) is 23.0 Å². The van der Waals surface area contributed by atoms with Crippen molar-refractivity contribution in [3.8, 4) is 0 Å². The Labute approximate surface area is 111 Å². The summed E-state index contributed by atoms with van der Waals surface area (Å²) in [5.41, 5.74) is 2.04. The summed E-state index contributed by atoms with van der Waals surface area (Å²) in [4.78, 5) is 16.3. The number of hydrogen-bond acceptors (Lipinski definition) is 4. The van der Waals surface area contributed by atoms with Crippen LogP contribution in [0.2, 0.25) is 0 Å². The standard InChI is InChI=1S/C12H18N6O/c1-6-8(7(2)16-15-6)13-10(19)9-14-11(18-17-9)12(3,4)5/h1-5H3,(H,13,19)(H,15,16)(H,14,17,18). The van der Waals surface area contributed by atoms with Crippen LogP contribution in [0.4, 0.5) is 5.69 Å². The topological polar surface area (TPSA) is 99.4 Å². The van der Waals surface area contributed by atoms with Gasteiger partial charge in [-0.2, -0.15) is 5.10 Å². The average molecular weight is 262 g/mol. The zero-order valence-electron chi connectivity index (χ0n) is 11.7. The van der Waals surface area contributed by atoms with Crippen LogP contribution in [-0.2, 0) is 5.41 Å². The molecule has 19 heavy (non-hydrogen) atoms. The van der Waals surface area contributed by atoms with Gasteiger partial charge in [0.15, 0.2) is 0 Å². The van der Waals surface area contributed by atoms with Crippen LogP contribution in [0.3, 0.4) is 0 Å². The number of aromatic amines is 2. The number of nitrogens with one attached hydrogen (secondary N) is 3. The van der Waals surface area contributed by atoms with Crippen molar-refractivity contribution in [2.24, 2.45) is 0 Å². The van der Waals surface area contributed by atoms with Gasteiger partial charge in [-0.15, -0.1) is 5.10 Å². The lowest BCUT2D eigenvalue weighted by atomic mass is 9.96. The number of rotatable bonds is 2. The van der Waals surface area contributed by atoms with Gasteiger partial charge in [0.2, 0.25) is 5.82 Å². The fourth-order valence-corrected chi connectivity index (χ4v) is 1.60. The molecule has 102 valence electrons. The predicted octanol–water partition coefficient (Wildman–Crippen LogP) is 1.69. The molecule has 3 N–H and O–H groups in total. The summed E-state index contributed by atoms with van der Waals surface area (Å²) in [6.45, 7) is 9.66. The van der Waals surface area contributed by atoms with E-state index in [1.54, 1.807) is 0 Å². The third kappa shape index (κ3) is 2.64. The van der Waals surface area contributed by atoms with E-state index in [4.69, 9.17) is 0 Å². The van der Waals surface area contributed by atoms with E-state index in [1.165, 1.54) is 0 Å². The van der Waals surface area contributed by atoms with E-state index in [2.05, 4.69) is 30.7 Å². The number of hydrogen-bond donors (Lipinski definition) is 3. The molecule has 2 rings (SSSR count). The van der Waals surface area contributed by atoms with Crippen molar-refractivity contribution in [2.75, 3.05) is 5.32 Å². The van der Waals surface area contributed by atoms with Gasteiger partial charge < -0.3 is 5.32 Å². The normalized spacial score (nSPS) is 11.6. The highest BCUT2D eigenvalue weighted by molar-refractivity contribution is 6.02. The van der Waals surface area contributed by atoms with E-state index in [-0.39, 0.29) is 17.1 Å². The number of aryl methyl sites for hydroxylation is 2. The number of aromatic nitrogens is 5. The van der Waals surface area contributed by atoms with Crippen molar-refractivity contribution in [3.63, 3.8) is 0 Å². The Morgan fingerprint density at radius 3 is 2.32 bits per heavy atom. The molecule has 1 amide bonds. The Morgan fingerprint density at radius 2 is 1.84 bits per heavy atom. The number of anilines is 1. The van der Waals surface area contributed by atoms with Crippen LogP contribution in [0.5, 0.6) is 0 Å². The highest BCUT2D eigenvalue weighted by atomic mass is 16.2. The zero-order chi connectivity index (χ0) is 14.2. The summed E-state index contributed by atoms with van der Waals surface area (Å²) in [6, 6.07) is 0.